The third kappa shape index (κ3) is 3.04. The van der Waals surface area contributed by atoms with Crippen LogP contribution in [0.15, 0.2) is 72.8 Å². The summed E-state index contributed by atoms with van der Waals surface area (Å²) in [5.74, 6) is 6.50. The maximum atomic E-state index is 11.3. The van der Waals surface area contributed by atoms with E-state index >= 15 is 0 Å². The average Bonchev–Trinajstić information content (AvgIpc) is 2.71. The highest BCUT2D eigenvalue weighted by atomic mass is 16.6. The summed E-state index contributed by atoms with van der Waals surface area (Å²) < 4.78 is 0. The number of nitro groups is 1. The first kappa shape index (κ1) is 17.6. The van der Waals surface area contributed by atoms with Gasteiger partial charge >= 0.3 is 0 Å². The van der Waals surface area contributed by atoms with E-state index in [9.17, 15) is 10.1 Å². The number of hydrogen-bond acceptors (Lipinski definition) is 3. The number of benzene rings is 4. The molecule has 0 spiro atoms. The summed E-state index contributed by atoms with van der Waals surface area (Å²) in [6, 6.07) is 22.9. The number of anilines is 1. The van der Waals surface area contributed by atoms with E-state index in [0.717, 1.165) is 33.0 Å². The van der Waals surface area contributed by atoms with Crippen LogP contribution in [0.1, 0.15) is 11.1 Å². The van der Waals surface area contributed by atoms with Crippen LogP contribution in [-0.2, 0) is 0 Å². The van der Waals surface area contributed by atoms with E-state index in [1.807, 2.05) is 50.5 Å². The molecule has 0 aliphatic carbocycles. The quantitative estimate of drug-likeness (QED) is 0.272. The zero-order chi connectivity index (χ0) is 19.7. The predicted octanol–water partition coefficient (Wildman–Crippen LogP) is 5.37. The van der Waals surface area contributed by atoms with Crippen molar-refractivity contribution in [2.75, 3.05) is 19.0 Å². The largest absolute Gasteiger partial charge is 0.377 e. The van der Waals surface area contributed by atoms with E-state index < -0.39 is 0 Å². The molecule has 28 heavy (non-hydrogen) atoms. The van der Waals surface area contributed by atoms with Crippen LogP contribution in [0.25, 0.3) is 21.5 Å². The second kappa shape index (κ2) is 7.05. The lowest BCUT2D eigenvalue weighted by Crippen LogP contribution is -2.08. The molecular weight excluding hydrogens is 348 g/mol. The van der Waals surface area contributed by atoms with E-state index in [-0.39, 0.29) is 10.6 Å². The highest BCUT2D eigenvalue weighted by Crippen LogP contribution is 2.29. The van der Waals surface area contributed by atoms with Crippen LogP contribution < -0.4 is 4.90 Å². The normalized spacial score (nSPS) is 10.5. The lowest BCUT2D eigenvalue weighted by Gasteiger charge is -2.15. The van der Waals surface area contributed by atoms with E-state index in [4.69, 9.17) is 0 Å². The smallest absolute Gasteiger partial charge is 0.277 e. The molecule has 4 heteroatoms. The van der Waals surface area contributed by atoms with Gasteiger partial charge in [-0.05, 0) is 29.7 Å². The number of fused-ring (bicyclic) bond motifs is 2. The summed E-state index contributed by atoms with van der Waals surface area (Å²) in [7, 11) is 4.05. The molecule has 0 aliphatic heterocycles. The fraction of sp³-hybridized carbons (Fsp3) is 0.0833. The number of non-ortho nitro benzene ring substituents is 1. The molecule has 4 aromatic carbocycles. The van der Waals surface area contributed by atoms with Crippen molar-refractivity contribution in [2.45, 2.75) is 0 Å². The maximum absolute atomic E-state index is 11.3. The zero-order valence-electron chi connectivity index (χ0n) is 15.6. The van der Waals surface area contributed by atoms with Gasteiger partial charge in [0, 0.05) is 47.7 Å². The molecule has 4 nitrogen and oxygen atoms in total. The van der Waals surface area contributed by atoms with Gasteiger partial charge in [0.15, 0.2) is 0 Å². The second-order valence-corrected chi connectivity index (χ2v) is 6.76. The van der Waals surface area contributed by atoms with E-state index in [0.29, 0.717) is 5.39 Å². The molecule has 0 N–H and O–H groups in total. The van der Waals surface area contributed by atoms with E-state index in [1.54, 1.807) is 12.1 Å². The summed E-state index contributed by atoms with van der Waals surface area (Å²) in [4.78, 5) is 13.0. The highest BCUT2D eigenvalue weighted by Gasteiger charge is 2.12. The highest BCUT2D eigenvalue weighted by molar-refractivity contribution is 5.98. The number of hydrogen-bond donors (Lipinski definition) is 0. The Labute approximate surface area is 163 Å². The first-order valence-electron chi connectivity index (χ1n) is 8.93. The van der Waals surface area contributed by atoms with Crippen LogP contribution in [-0.4, -0.2) is 19.0 Å². The van der Waals surface area contributed by atoms with Gasteiger partial charge < -0.3 is 4.90 Å². The van der Waals surface area contributed by atoms with Crippen molar-refractivity contribution in [1.82, 2.24) is 0 Å². The Morgan fingerprint density at radius 1 is 0.714 bits per heavy atom. The first-order chi connectivity index (χ1) is 13.6. The van der Waals surface area contributed by atoms with Crippen LogP contribution in [0.3, 0.4) is 0 Å². The standard InChI is InChI=1S/C24H18N2O2/c1-25(2)23-13-5-9-19-17(7-3-11-21(19)23)15-16-18-8-4-12-22-20(18)10-6-14-24(22)26(27)28/h3-14H,1-2H3. The van der Waals surface area contributed by atoms with Crippen molar-refractivity contribution < 1.29 is 4.92 Å². The van der Waals surface area contributed by atoms with Crippen LogP contribution in [0.5, 0.6) is 0 Å². The van der Waals surface area contributed by atoms with Crippen LogP contribution in [0.4, 0.5) is 11.4 Å². The molecule has 4 rings (SSSR count). The maximum Gasteiger partial charge on any atom is 0.277 e. The van der Waals surface area contributed by atoms with Crippen molar-refractivity contribution in [3.8, 4) is 11.8 Å². The fourth-order valence-electron chi connectivity index (χ4n) is 3.49. The minimum Gasteiger partial charge on any atom is -0.377 e. The summed E-state index contributed by atoms with van der Waals surface area (Å²) in [5, 5.41) is 14.9. The Kier molecular flexibility index (Phi) is 4.42. The fourth-order valence-corrected chi connectivity index (χ4v) is 3.49. The zero-order valence-corrected chi connectivity index (χ0v) is 15.6. The van der Waals surface area contributed by atoms with Gasteiger partial charge in [-0.25, -0.2) is 0 Å². The summed E-state index contributed by atoms with van der Waals surface area (Å²) in [5.41, 5.74) is 2.95. The Bertz CT molecular complexity index is 1280. The molecule has 0 saturated heterocycles. The van der Waals surface area contributed by atoms with Gasteiger partial charge in [0.1, 0.15) is 0 Å². The van der Waals surface area contributed by atoms with Crippen molar-refractivity contribution in [3.05, 3.63) is 94.0 Å². The number of rotatable bonds is 2. The van der Waals surface area contributed by atoms with Gasteiger partial charge in [-0.15, -0.1) is 0 Å². The van der Waals surface area contributed by atoms with Gasteiger partial charge in [0.25, 0.3) is 5.69 Å². The topological polar surface area (TPSA) is 46.4 Å². The molecule has 0 aliphatic rings. The first-order valence-corrected chi connectivity index (χ1v) is 8.93. The molecule has 0 saturated carbocycles. The molecule has 0 unspecified atom stereocenters. The molecule has 136 valence electrons. The molecule has 0 bridgehead atoms. The number of nitrogens with zero attached hydrogens (tertiary/aromatic N) is 2. The predicted molar refractivity (Wildman–Crippen MR) is 115 cm³/mol. The number of nitro benzene ring substituents is 1. The summed E-state index contributed by atoms with van der Waals surface area (Å²) in [6.07, 6.45) is 0. The van der Waals surface area contributed by atoms with Gasteiger partial charge in [-0.1, -0.05) is 54.3 Å². The van der Waals surface area contributed by atoms with E-state index in [1.165, 1.54) is 6.07 Å². The minimum absolute atomic E-state index is 0.0990. The van der Waals surface area contributed by atoms with E-state index in [2.05, 4.69) is 34.9 Å². The van der Waals surface area contributed by atoms with Crippen molar-refractivity contribution in [2.24, 2.45) is 0 Å². The molecular formula is C24H18N2O2. The lowest BCUT2D eigenvalue weighted by atomic mass is 10.0. The van der Waals surface area contributed by atoms with Gasteiger partial charge in [0.05, 0.1) is 10.3 Å². The van der Waals surface area contributed by atoms with Crippen molar-refractivity contribution >= 4 is 32.9 Å². The average molecular weight is 366 g/mol. The van der Waals surface area contributed by atoms with Gasteiger partial charge in [-0.2, -0.15) is 0 Å². The summed E-state index contributed by atoms with van der Waals surface area (Å²) >= 11 is 0. The summed E-state index contributed by atoms with van der Waals surface area (Å²) in [6.45, 7) is 0. The van der Waals surface area contributed by atoms with Gasteiger partial charge in [-0.3, -0.25) is 10.1 Å². The van der Waals surface area contributed by atoms with Crippen molar-refractivity contribution in [3.63, 3.8) is 0 Å². The Morgan fingerprint density at radius 3 is 1.82 bits per heavy atom. The second-order valence-electron chi connectivity index (χ2n) is 6.76. The molecule has 0 fully saturated rings. The molecule has 0 radical (unpaired) electrons. The van der Waals surface area contributed by atoms with Crippen molar-refractivity contribution in [1.29, 1.82) is 0 Å². The third-order valence-corrected chi connectivity index (χ3v) is 4.81. The van der Waals surface area contributed by atoms with Crippen LogP contribution in [0.2, 0.25) is 0 Å². The van der Waals surface area contributed by atoms with Crippen LogP contribution in [0, 0.1) is 22.0 Å². The Morgan fingerprint density at radius 2 is 1.21 bits per heavy atom. The molecule has 0 heterocycles. The Balaban J connectivity index is 1.88. The minimum atomic E-state index is -0.354. The van der Waals surface area contributed by atoms with Crippen LogP contribution >= 0.6 is 0 Å². The molecule has 0 aromatic heterocycles. The molecule has 0 amide bonds. The third-order valence-electron chi connectivity index (χ3n) is 4.81. The Hall–Kier alpha value is -3.84. The molecule has 0 atom stereocenters. The lowest BCUT2D eigenvalue weighted by molar-refractivity contribution is -0.383. The monoisotopic (exact) mass is 366 g/mol. The molecule has 4 aromatic rings. The SMILES string of the molecule is CN(C)c1cccc2c(C#Cc3cccc4c([N+](=O)[O-])cccc34)cccc12. The van der Waals surface area contributed by atoms with Gasteiger partial charge in [0.2, 0.25) is 0 Å².